The third kappa shape index (κ3) is 3.61. The lowest BCUT2D eigenvalue weighted by molar-refractivity contribution is 0.612. The van der Waals surface area contributed by atoms with E-state index in [1.165, 1.54) is 11.1 Å². The molecule has 0 heterocycles. The number of halogens is 1. The van der Waals surface area contributed by atoms with Crippen molar-refractivity contribution in [3.8, 4) is 0 Å². The SMILES string of the molecule is Cc1cccc(CN(C)c2cc(C)c(F)cc2C(C)N)c1. The summed E-state index contributed by atoms with van der Waals surface area (Å²) < 4.78 is 13.8. The Morgan fingerprint density at radius 2 is 1.90 bits per heavy atom. The van der Waals surface area contributed by atoms with Gasteiger partial charge in [0.15, 0.2) is 0 Å². The predicted molar refractivity (Wildman–Crippen MR) is 87.0 cm³/mol. The summed E-state index contributed by atoms with van der Waals surface area (Å²) in [6.45, 7) is 6.52. The highest BCUT2D eigenvalue weighted by Gasteiger charge is 2.14. The smallest absolute Gasteiger partial charge is 0.126 e. The third-order valence-corrected chi connectivity index (χ3v) is 3.71. The molecule has 1 unspecified atom stereocenters. The van der Waals surface area contributed by atoms with Crippen molar-refractivity contribution in [1.29, 1.82) is 0 Å². The lowest BCUT2D eigenvalue weighted by Gasteiger charge is -2.25. The average molecular weight is 286 g/mol. The van der Waals surface area contributed by atoms with E-state index in [2.05, 4.69) is 36.1 Å². The molecule has 3 heteroatoms. The predicted octanol–water partition coefficient (Wildman–Crippen LogP) is 4.10. The summed E-state index contributed by atoms with van der Waals surface area (Å²) in [6.07, 6.45) is 0. The summed E-state index contributed by atoms with van der Waals surface area (Å²) in [4.78, 5) is 2.12. The first-order chi connectivity index (χ1) is 9.88. The molecule has 0 amide bonds. The van der Waals surface area contributed by atoms with E-state index >= 15 is 0 Å². The summed E-state index contributed by atoms with van der Waals surface area (Å²) in [5, 5.41) is 0. The van der Waals surface area contributed by atoms with Gasteiger partial charge in [-0.05, 0) is 49.6 Å². The van der Waals surface area contributed by atoms with E-state index in [0.717, 1.165) is 17.8 Å². The minimum atomic E-state index is -0.199. The number of hydrogen-bond acceptors (Lipinski definition) is 2. The number of nitrogens with zero attached hydrogens (tertiary/aromatic N) is 1. The normalized spacial score (nSPS) is 12.3. The van der Waals surface area contributed by atoms with E-state index in [4.69, 9.17) is 5.73 Å². The standard InChI is InChI=1S/C18H23FN2/c1-12-6-5-7-15(8-12)11-21(4)18-9-13(2)17(19)10-16(18)14(3)20/h5-10,14H,11,20H2,1-4H3. The molecule has 2 aromatic rings. The van der Waals surface area contributed by atoms with Crippen LogP contribution in [-0.2, 0) is 6.54 Å². The molecule has 2 rings (SSSR count). The van der Waals surface area contributed by atoms with Crippen molar-refractivity contribution in [3.05, 3.63) is 64.5 Å². The number of nitrogens with two attached hydrogens (primary N) is 1. The molecular formula is C18H23FN2. The molecule has 112 valence electrons. The molecule has 0 fully saturated rings. The van der Waals surface area contributed by atoms with Crippen LogP contribution in [0.5, 0.6) is 0 Å². The minimum absolute atomic E-state index is 0.199. The van der Waals surface area contributed by atoms with Crippen LogP contribution in [-0.4, -0.2) is 7.05 Å². The second-order valence-electron chi connectivity index (χ2n) is 5.79. The number of rotatable bonds is 4. The number of benzene rings is 2. The molecule has 0 saturated heterocycles. The summed E-state index contributed by atoms with van der Waals surface area (Å²) in [5.74, 6) is -0.199. The number of aryl methyl sites for hydroxylation is 2. The molecule has 0 radical (unpaired) electrons. The molecule has 2 N–H and O–H groups in total. The molecule has 21 heavy (non-hydrogen) atoms. The van der Waals surface area contributed by atoms with Gasteiger partial charge in [0.2, 0.25) is 0 Å². The fourth-order valence-corrected chi connectivity index (χ4v) is 2.55. The van der Waals surface area contributed by atoms with Crippen molar-refractivity contribution in [2.75, 3.05) is 11.9 Å². The zero-order valence-electron chi connectivity index (χ0n) is 13.2. The highest BCUT2D eigenvalue weighted by Crippen LogP contribution is 2.28. The van der Waals surface area contributed by atoms with Crippen LogP contribution >= 0.6 is 0 Å². The maximum atomic E-state index is 13.8. The maximum Gasteiger partial charge on any atom is 0.126 e. The largest absolute Gasteiger partial charge is 0.370 e. The van der Waals surface area contributed by atoms with Gasteiger partial charge in [-0.25, -0.2) is 4.39 Å². The Hall–Kier alpha value is -1.87. The molecule has 0 saturated carbocycles. The number of anilines is 1. The van der Waals surface area contributed by atoms with Crippen molar-refractivity contribution in [3.63, 3.8) is 0 Å². The first kappa shape index (κ1) is 15.5. The van der Waals surface area contributed by atoms with Gasteiger partial charge in [-0.15, -0.1) is 0 Å². The molecule has 0 aliphatic heterocycles. The topological polar surface area (TPSA) is 29.3 Å². The molecule has 0 bridgehead atoms. The van der Waals surface area contributed by atoms with E-state index in [9.17, 15) is 4.39 Å². The lowest BCUT2D eigenvalue weighted by Crippen LogP contribution is -2.20. The minimum Gasteiger partial charge on any atom is -0.370 e. The van der Waals surface area contributed by atoms with Gasteiger partial charge in [-0.1, -0.05) is 29.8 Å². The summed E-state index contributed by atoms with van der Waals surface area (Å²) in [5.41, 5.74) is 10.9. The van der Waals surface area contributed by atoms with Crippen LogP contribution in [0.4, 0.5) is 10.1 Å². The number of hydrogen-bond donors (Lipinski definition) is 1. The lowest BCUT2D eigenvalue weighted by atomic mass is 10.0. The first-order valence-electron chi connectivity index (χ1n) is 7.21. The van der Waals surface area contributed by atoms with E-state index in [1.54, 1.807) is 13.0 Å². The van der Waals surface area contributed by atoms with Crippen LogP contribution in [0.15, 0.2) is 36.4 Å². The molecule has 0 aromatic heterocycles. The van der Waals surface area contributed by atoms with Gasteiger partial charge in [-0.3, -0.25) is 0 Å². The zero-order valence-corrected chi connectivity index (χ0v) is 13.2. The summed E-state index contributed by atoms with van der Waals surface area (Å²) in [6, 6.07) is 11.6. The molecule has 1 atom stereocenters. The highest BCUT2D eigenvalue weighted by atomic mass is 19.1. The Labute approximate surface area is 126 Å². The van der Waals surface area contributed by atoms with Crippen LogP contribution in [0.1, 0.15) is 35.2 Å². The van der Waals surface area contributed by atoms with Crippen molar-refractivity contribution in [2.45, 2.75) is 33.4 Å². The first-order valence-corrected chi connectivity index (χ1v) is 7.21. The van der Waals surface area contributed by atoms with Crippen LogP contribution in [0, 0.1) is 19.7 Å². The Balaban J connectivity index is 2.34. The second kappa shape index (κ2) is 6.27. The van der Waals surface area contributed by atoms with Gasteiger partial charge in [0.1, 0.15) is 5.82 Å². The van der Waals surface area contributed by atoms with E-state index in [1.807, 2.05) is 20.0 Å². The van der Waals surface area contributed by atoms with Crippen molar-refractivity contribution >= 4 is 5.69 Å². The molecule has 0 aliphatic carbocycles. The Morgan fingerprint density at radius 1 is 1.19 bits per heavy atom. The van der Waals surface area contributed by atoms with Gasteiger partial charge < -0.3 is 10.6 Å². The monoisotopic (exact) mass is 286 g/mol. The molecule has 2 aromatic carbocycles. The van der Waals surface area contributed by atoms with Crippen molar-refractivity contribution in [2.24, 2.45) is 5.73 Å². The van der Waals surface area contributed by atoms with Gasteiger partial charge >= 0.3 is 0 Å². The van der Waals surface area contributed by atoms with Crippen LogP contribution in [0.25, 0.3) is 0 Å². The van der Waals surface area contributed by atoms with Gasteiger partial charge in [0.25, 0.3) is 0 Å². The van der Waals surface area contributed by atoms with Gasteiger partial charge in [-0.2, -0.15) is 0 Å². The molecule has 0 aliphatic rings. The maximum absolute atomic E-state index is 13.8. The van der Waals surface area contributed by atoms with Crippen LogP contribution < -0.4 is 10.6 Å². The van der Waals surface area contributed by atoms with Gasteiger partial charge in [0.05, 0.1) is 0 Å². The second-order valence-corrected chi connectivity index (χ2v) is 5.79. The Kier molecular flexibility index (Phi) is 4.63. The van der Waals surface area contributed by atoms with Crippen LogP contribution in [0.3, 0.4) is 0 Å². The van der Waals surface area contributed by atoms with E-state index in [0.29, 0.717) is 5.56 Å². The van der Waals surface area contributed by atoms with Crippen molar-refractivity contribution < 1.29 is 4.39 Å². The highest BCUT2D eigenvalue weighted by molar-refractivity contribution is 5.57. The van der Waals surface area contributed by atoms with Gasteiger partial charge in [0, 0.05) is 25.3 Å². The average Bonchev–Trinajstić information content (AvgIpc) is 2.41. The van der Waals surface area contributed by atoms with Crippen molar-refractivity contribution in [1.82, 2.24) is 0 Å². The molecular weight excluding hydrogens is 263 g/mol. The molecule has 2 nitrogen and oxygen atoms in total. The van der Waals surface area contributed by atoms with E-state index in [-0.39, 0.29) is 11.9 Å². The Morgan fingerprint density at radius 3 is 2.52 bits per heavy atom. The summed E-state index contributed by atoms with van der Waals surface area (Å²) in [7, 11) is 2.01. The Bertz CT molecular complexity index is 635. The fraction of sp³-hybridized carbons (Fsp3) is 0.333. The quantitative estimate of drug-likeness (QED) is 0.917. The van der Waals surface area contributed by atoms with E-state index < -0.39 is 0 Å². The summed E-state index contributed by atoms with van der Waals surface area (Å²) >= 11 is 0. The third-order valence-electron chi connectivity index (χ3n) is 3.71. The fourth-order valence-electron chi connectivity index (χ4n) is 2.55. The van der Waals surface area contributed by atoms with Crippen LogP contribution in [0.2, 0.25) is 0 Å². The zero-order chi connectivity index (χ0) is 15.6. The molecule has 0 spiro atoms.